The third-order valence-corrected chi connectivity index (χ3v) is 5.85. The number of pyridine rings is 1. The Kier molecular flexibility index (Phi) is 5.07. The van der Waals surface area contributed by atoms with Gasteiger partial charge in [-0.1, -0.05) is 0 Å². The Labute approximate surface area is 147 Å². The molecule has 1 fully saturated rings. The largest absolute Gasteiger partial charge is 0.378 e. The molecule has 0 bridgehead atoms. The molecule has 0 amide bonds. The highest BCUT2D eigenvalue weighted by atomic mass is 32.2. The molecule has 0 radical (unpaired) electrons. The molecule has 1 aliphatic heterocycles. The molecule has 3 rings (SSSR count). The van der Waals surface area contributed by atoms with Gasteiger partial charge in [0.15, 0.2) is 0 Å². The zero-order chi connectivity index (χ0) is 18.0. The quantitative estimate of drug-likeness (QED) is 0.841. The topological polar surface area (TPSA) is 89.4 Å². The van der Waals surface area contributed by atoms with Gasteiger partial charge in [-0.15, -0.1) is 0 Å². The second-order valence-electron chi connectivity index (χ2n) is 6.05. The van der Waals surface area contributed by atoms with E-state index >= 15 is 0 Å². The Morgan fingerprint density at radius 2 is 1.96 bits per heavy atom. The van der Waals surface area contributed by atoms with Crippen molar-refractivity contribution in [3.05, 3.63) is 35.3 Å². The molecule has 0 aromatic carbocycles. The van der Waals surface area contributed by atoms with Gasteiger partial charge in [-0.2, -0.15) is 5.10 Å². The van der Waals surface area contributed by atoms with Gasteiger partial charge >= 0.3 is 0 Å². The molecule has 136 valence electrons. The van der Waals surface area contributed by atoms with Crippen LogP contribution in [0.1, 0.15) is 17.0 Å². The van der Waals surface area contributed by atoms with Crippen LogP contribution in [0, 0.1) is 13.8 Å². The van der Waals surface area contributed by atoms with Gasteiger partial charge < -0.3 is 9.64 Å². The SMILES string of the molecule is Cc1nn(C)c(C)c1CNS(=O)(=O)c1ccc(N2CCOCC2)nc1. The van der Waals surface area contributed by atoms with Gasteiger partial charge in [0.05, 0.1) is 18.9 Å². The van der Waals surface area contributed by atoms with Gasteiger partial charge in [0, 0.05) is 44.1 Å². The van der Waals surface area contributed by atoms with Crippen molar-refractivity contribution < 1.29 is 13.2 Å². The van der Waals surface area contributed by atoms with Crippen molar-refractivity contribution >= 4 is 15.8 Å². The van der Waals surface area contributed by atoms with E-state index in [1.165, 1.54) is 6.20 Å². The third kappa shape index (κ3) is 3.83. The Morgan fingerprint density at radius 3 is 2.52 bits per heavy atom. The smallest absolute Gasteiger partial charge is 0.242 e. The lowest BCUT2D eigenvalue weighted by molar-refractivity contribution is 0.122. The van der Waals surface area contributed by atoms with Crippen molar-refractivity contribution in [1.29, 1.82) is 0 Å². The number of sulfonamides is 1. The molecular weight excluding hydrogens is 342 g/mol. The second kappa shape index (κ2) is 7.11. The van der Waals surface area contributed by atoms with Gasteiger partial charge in [0.2, 0.25) is 10.0 Å². The van der Waals surface area contributed by atoms with Gasteiger partial charge in [-0.05, 0) is 26.0 Å². The fourth-order valence-corrected chi connectivity index (χ4v) is 3.77. The monoisotopic (exact) mass is 365 g/mol. The minimum atomic E-state index is -3.62. The first-order valence-electron chi connectivity index (χ1n) is 8.16. The van der Waals surface area contributed by atoms with Gasteiger partial charge in [-0.3, -0.25) is 4.68 Å². The Morgan fingerprint density at radius 1 is 1.24 bits per heavy atom. The van der Waals surface area contributed by atoms with Crippen LogP contribution in [-0.4, -0.2) is 49.5 Å². The number of aryl methyl sites for hydroxylation is 2. The molecule has 0 aliphatic carbocycles. The number of hydrogen-bond donors (Lipinski definition) is 1. The summed E-state index contributed by atoms with van der Waals surface area (Å²) in [5.41, 5.74) is 2.66. The van der Waals surface area contributed by atoms with Crippen LogP contribution in [0.15, 0.2) is 23.2 Å². The Bertz CT molecular complexity index is 839. The number of nitrogens with zero attached hydrogens (tertiary/aromatic N) is 4. The van der Waals surface area contributed by atoms with Crippen LogP contribution in [-0.2, 0) is 28.4 Å². The maximum absolute atomic E-state index is 12.5. The van der Waals surface area contributed by atoms with Crippen molar-refractivity contribution in [2.45, 2.75) is 25.3 Å². The molecule has 0 atom stereocenters. The van der Waals surface area contributed by atoms with Gasteiger partial charge in [0.1, 0.15) is 10.7 Å². The minimum Gasteiger partial charge on any atom is -0.378 e. The zero-order valence-corrected chi connectivity index (χ0v) is 15.5. The molecule has 1 N–H and O–H groups in total. The lowest BCUT2D eigenvalue weighted by Crippen LogP contribution is -2.36. The van der Waals surface area contributed by atoms with E-state index in [1.54, 1.807) is 16.8 Å². The lowest BCUT2D eigenvalue weighted by atomic mass is 10.2. The summed E-state index contributed by atoms with van der Waals surface area (Å²) in [6.07, 6.45) is 1.40. The van der Waals surface area contributed by atoms with Crippen LogP contribution in [0.3, 0.4) is 0 Å². The molecule has 2 aromatic rings. The summed E-state index contributed by atoms with van der Waals surface area (Å²) >= 11 is 0. The highest BCUT2D eigenvalue weighted by Crippen LogP contribution is 2.17. The van der Waals surface area contributed by atoms with E-state index < -0.39 is 10.0 Å². The fraction of sp³-hybridized carbons (Fsp3) is 0.500. The van der Waals surface area contributed by atoms with Crippen LogP contribution < -0.4 is 9.62 Å². The normalized spacial score (nSPS) is 15.6. The number of aromatic nitrogens is 3. The summed E-state index contributed by atoms with van der Waals surface area (Å²) in [5, 5.41) is 4.30. The standard InChI is InChI=1S/C16H23N5O3S/c1-12-15(13(2)20(3)19-12)11-18-25(22,23)14-4-5-16(17-10-14)21-6-8-24-9-7-21/h4-5,10,18H,6-9,11H2,1-3H3. The number of anilines is 1. The molecule has 0 spiro atoms. The number of nitrogens with one attached hydrogen (secondary N) is 1. The van der Waals surface area contributed by atoms with E-state index in [4.69, 9.17) is 4.74 Å². The Hall–Kier alpha value is -1.97. The molecule has 3 heterocycles. The predicted molar refractivity (Wildman–Crippen MR) is 94.0 cm³/mol. The summed E-state index contributed by atoms with van der Waals surface area (Å²) in [4.78, 5) is 6.53. The average molecular weight is 365 g/mol. The summed E-state index contributed by atoms with van der Waals surface area (Å²) in [5.74, 6) is 0.765. The van der Waals surface area contributed by atoms with Crippen LogP contribution in [0.4, 0.5) is 5.82 Å². The lowest BCUT2D eigenvalue weighted by Gasteiger charge is -2.27. The second-order valence-corrected chi connectivity index (χ2v) is 7.82. The summed E-state index contributed by atoms with van der Waals surface area (Å²) < 4.78 is 34.7. The Balaban J connectivity index is 1.71. The molecule has 2 aromatic heterocycles. The van der Waals surface area contributed by atoms with Crippen LogP contribution >= 0.6 is 0 Å². The number of rotatable bonds is 5. The van der Waals surface area contributed by atoms with E-state index in [1.807, 2.05) is 20.9 Å². The van der Waals surface area contributed by atoms with Crippen molar-refractivity contribution in [2.24, 2.45) is 7.05 Å². The van der Waals surface area contributed by atoms with E-state index in [0.29, 0.717) is 13.2 Å². The van der Waals surface area contributed by atoms with E-state index in [9.17, 15) is 8.42 Å². The first kappa shape index (κ1) is 17.8. The number of morpholine rings is 1. The van der Waals surface area contributed by atoms with Crippen molar-refractivity contribution in [3.8, 4) is 0 Å². The molecular formula is C16H23N5O3S. The minimum absolute atomic E-state index is 0.156. The molecule has 0 unspecified atom stereocenters. The van der Waals surface area contributed by atoms with Crippen LogP contribution in [0.25, 0.3) is 0 Å². The summed E-state index contributed by atoms with van der Waals surface area (Å²) in [6.45, 7) is 6.84. The van der Waals surface area contributed by atoms with Gasteiger partial charge in [-0.25, -0.2) is 18.1 Å². The summed E-state index contributed by atoms with van der Waals surface area (Å²) in [7, 11) is -1.78. The number of ether oxygens (including phenoxy) is 1. The first-order valence-corrected chi connectivity index (χ1v) is 9.64. The van der Waals surface area contributed by atoms with Crippen molar-refractivity contribution in [1.82, 2.24) is 19.5 Å². The third-order valence-electron chi connectivity index (χ3n) is 4.46. The average Bonchev–Trinajstić information content (AvgIpc) is 2.86. The zero-order valence-electron chi connectivity index (χ0n) is 14.7. The first-order chi connectivity index (χ1) is 11.9. The molecule has 0 saturated carbocycles. The molecule has 1 aliphatic rings. The van der Waals surface area contributed by atoms with Crippen LogP contribution in [0.2, 0.25) is 0 Å². The van der Waals surface area contributed by atoms with E-state index in [0.717, 1.165) is 35.9 Å². The predicted octanol–water partition coefficient (Wildman–Crippen LogP) is 0.747. The van der Waals surface area contributed by atoms with Crippen molar-refractivity contribution in [3.63, 3.8) is 0 Å². The maximum Gasteiger partial charge on any atom is 0.242 e. The highest BCUT2D eigenvalue weighted by molar-refractivity contribution is 7.89. The fourth-order valence-electron chi connectivity index (χ4n) is 2.83. The maximum atomic E-state index is 12.5. The van der Waals surface area contributed by atoms with Gasteiger partial charge in [0.25, 0.3) is 0 Å². The molecule has 8 nitrogen and oxygen atoms in total. The summed E-state index contributed by atoms with van der Waals surface area (Å²) in [6, 6.07) is 3.32. The van der Waals surface area contributed by atoms with Crippen LogP contribution in [0.5, 0.6) is 0 Å². The van der Waals surface area contributed by atoms with Crippen molar-refractivity contribution in [2.75, 3.05) is 31.2 Å². The molecule has 25 heavy (non-hydrogen) atoms. The molecule has 9 heteroatoms. The van der Waals surface area contributed by atoms with E-state index in [2.05, 4.69) is 19.7 Å². The molecule has 1 saturated heterocycles. The highest BCUT2D eigenvalue weighted by Gasteiger charge is 2.18. The van der Waals surface area contributed by atoms with E-state index in [-0.39, 0.29) is 11.4 Å². The number of hydrogen-bond acceptors (Lipinski definition) is 6.